The Morgan fingerprint density at radius 3 is 3.25 bits per heavy atom. The molecule has 64 valence electrons. The fourth-order valence-electron chi connectivity index (χ4n) is 1.31. The molecule has 1 aromatic rings. The number of carboxylic acid groups (broad SMARTS) is 1. The van der Waals surface area contributed by atoms with Gasteiger partial charge in [-0.05, 0) is 0 Å². The highest BCUT2D eigenvalue weighted by atomic mass is 16.5. The number of carbonyl (C=O) groups is 1. The lowest BCUT2D eigenvalue weighted by molar-refractivity contribution is 0.0650. The summed E-state index contributed by atoms with van der Waals surface area (Å²) in [7, 11) is 0. The molecule has 0 saturated heterocycles. The number of hydrogen-bond donors (Lipinski definition) is 2. The van der Waals surface area contributed by atoms with E-state index >= 15 is 0 Å². The lowest BCUT2D eigenvalue weighted by atomic mass is 10.1. The van der Waals surface area contributed by atoms with Gasteiger partial charge in [0, 0.05) is 25.1 Å². The Kier molecular flexibility index (Phi) is 1.58. The molecule has 0 spiro atoms. The molecule has 2 heterocycles. The van der Waals surface area contributed by atoms with E-state index in [9.17, 15) is 4.79 Å². The number of carboxylic acids is 1. The van der Waals surface area contributed by atoms with Crippen LogP contribution in [0.5, 0.6) is 0 Å². The summed E-state index contributed by atoms with van der Waals surface area (Å²) >= 11 is 0. The zero-order valence-electron chi connectivity index (χ0n) is 6.33. The maximum atomic E-state index is 10.6. The first kappa shape index (κ1) is 7.30. The highest BCUT2D eigenvalue weighted by Gasteiger charge is 2.23. The van der Waals surface area contributed by atoms with Crippen molar-refractivity contribution in [3.63, 3.8) is 0 Å². The van der Waals surface area contributed by atoms with Crippen molar-refractivity contribution in [2.24, 2.45) is 0 Å². The molecule has 0 amide bonds. The van der Waals surface area contributed by atoms with E-state index in [0.29, 0.717) is 12.1 Å². The van der Waals surface area contributed by atoms with Gasteiger partial charge in [0.2, 0.25) is 5.76 Å². The van der Waals surface area contributed by atoms with Gasteiger partial charge in [-0.2, -0.15) is 0 Å². The molecular weight excluding hydrogens is 160 g/mol. The van der Waals surface area contributed by atoms with Crippen molar-refractivity contribution in [2.75, 3.05) is 6.54 Å². The summed E-state index contributed by atoms with van der Waals surface area (Å²) in [5.41, 5.74) is 1.46. The monoisotopic (exact) mass is 168 g/mol. The maximum absolute atomic E-state index is 10.6. The zero-order chi connectivity index (χ0) is 8.55. The summed E-state index contributed by atoms with van der Waals surface area (Å²) in [5, 5.41) is 15.4. The van der Waals surface area contributed by atoms with Gasteiger partial charge in [-0.15, -0.1) is 0 Å². The zero-order valence-corrected chi connectivity index (χ0v) is 6.33. The first-order chi connectivity index (χ1) is 5.79. The summed E-state index contributed by atoms with van der Waals surface area (Å²) < 4.78 is 4.69. The molecule has 0 fully saturated rings. The lowest BCUT2D eigenvalue weighted by Gasteiger charge is -2.09. The second-order valence-electron chi connectivity index (χ2n) is 2.67. The minimum Gasteiger partial charge on any atom is -0.475 e. The number of nitrogens with one attached hydrogen (secondary N) is 1. The van der Waals surface area contributed by atoms with Crippen molar-refractivity contribution < 1.29 is 14.4 Å². The van der Waals surface area contributed by atoms with Crippen molar-refractivity contribution >= 4 is 5.97 Å². The van der Waals surface area contributed by atoms with Crippen molar-refractivity contribution in [3.8, 4) is 0 Å². The van der Waals surface area contributed by atoms with Gasteiger partial charge in [0.25, 0.3) is 0 Å². The smallest absolute Gasteiger partial charge is 0.375 e. The molecule has 1 aromatic heterocycles. The molecule has 0 radical (unpaired) electrons. The van der Waals surface area contributed by atoms with Crippen LogP contribution in [0.15, 0.2) is 4.52 Å². The Hall–Kier alpha value is -1.36. The molecule has 0 atom stereocenters. The Bertz CT molecular complexity index is 318. The topological polar surface area (TPSA) is 75.4 Å². The van der Waals surface area contributed by atoms with Gasteiger partial charge in [-0.1, -0.05) is 5.16 Å². The van der Waals surface area contributed by atoms with E-state index in [1.807, 2.05) is 0 Å². The lowest BCUT2D eigenvalue weighted by Crippen LogP contribution is -2.24. The molecule has 5 nitrogen and oxygen atoms in total. The van der Waals surface area contributed by atoms with Crippen LogP contribution in [0.1, 0.15) is 21.8 Å². The molecule has 1 aliphatic heterocycles. The van der Waals surface area contributed by atoms with Gasteiger partial charge in [-0.25, -0.2) is 4.79 Å². The summed E-state index contributed by atoms with van der Waals surface area (Å²) in [6.07, 6.45) is 0.742. The minimum absolute atomic E-state index is 0.0304. The normalized spacial score (nSPS) is 15.7. The van der Waals surface area contributed by atoms with E-state index in [4.69, 9.17) is 5.11 Å². The predicted octanol–water partition coefficient (Wildman–Crippen LogP) is 0.0185. The number of fused-ring (bicyclic) bond motifs is 1. The van der Waals surface area contributed by atoms with E-state index in [1.165, 1.54) is 0 Å². The fraction of sp³-hybridized carbons (Fsp3) is 0.429. The SMILES string of the molecule is O=C(O)c1onc2c1CNCC2. The highest BCUT2D eigenvalue weighted by Crippen LogP contribution is 2.17. The molecule has 12 heavy (non-hydrogen) atoms. The van der Waals surface area contributed by atoms with Crippen LogP contribution in [-0.2, 0) is 13.0 Å². The van der Waals surface area contributed by atoms with Gasteiger partial charge in [-0.3, -0.25) is 0 Å². The van der Waals surface area contributed by atoms with Crippen molar-refractivity contribution in [1.82, 2.24) is 10.5 Å². The predicted molar refractivity (Wildman–Crippen MR) is 38.9 cm³/mol. The molecule has 0 aromatic carbocycles. The van der Waals surface area contributed by atoms with Crippen LogP contribution in [0.25, 0.3) is 0 Å². The maximum Gasteiger partial charge on any atom is 0.375 e. The van der Waals surface area contributed by atoms with Gasteiger partial charge < -0.3 is 14.9 Å². The Labute approximate surface area is 68.4 Å². The van der Waals surface area contributed by atoms with E-state index < -0.39 is 5.97 Å². The van der Waals surface area contributed by atoms with Crippen molar-refractivity contribution in [2.45, 2.75) is 13.0 Å². The van der Waals surface area contributed by atoms with Crippen molar-refractivity contribution in [3.05, 3.63) is 17.0 Å². The molecule has 0 bridgehead atoms. The van der Waals surface area contributed by atoms with E-state index in [-0.39, 0.29) is 5.76 Å². The van der Waals surface area contributed by atoms with Crippen LogP contribution in [0.3, 0.4) is 0 Å². The Morgan fingerprint density at radius 1 is 1.67 bits per heavy atom. The van der Waals surface area contributed by atoms with E-state index in [0.717, 1.165) is 18.7 Å². The highest BCUT2D eigenvalue weighted by molar-refractivity contribution is 5.86. The summed E-state index contributed by atoms with van der Waals surface area (Å²) in [4.78, 5) is 10.6. The number of aromatic nitrogens is 1. The first-order valence-corrected chi connectivity index (χ1v) is 3.70. The van der Waals surface area contributed by atoms with Crippen molar-refractivity contribution in [1.29, 1.82) is 0 Å². The summed E-state index contributed by atoms with van der Waals surface area (Å²) in [6.45, 7) is 1.37. The van der Waals surface area contributed by atoms with Gasteiger partial charge >= 0.3 is 5.97 Å². The third kappa shape index (κ3) is 0.984. The molecule has 5 heteroatoms. The third-order valence-electron chi connectivity index (χ3n) is 1.90. The molecule has 0 unspecified atom stereocenters. The second kappa shape index (κ2) is 2.60. The van der Waals surface area contributed by atoms with Crippen LogP contribution >= 0.6 is 0 Å². The van der Waals surface area contributed by atoms with Crippen LogP contribution in [-0.4, -0.2) is 22.8 Å². The summed E-state index contributed by atoms with van der Waals surface area (Å²) in [6, 6.07) is 0. The van der Waals surface area contributed by atoms with Gasteiger partial charge in [0.1, 0.15) is 0 Å². The minimum atomic E-state index is -1.05. The molecule has 2 N–H and O–H groups in total. The number of aromatic carboxylic acids is 1. The number of nitrogens with zero attached hydrogens (tertiary/aromatic N) is 1. The molecule has 2 rings (SSSR count). The molecule has 0 saturated carbocycles. The van der Waals surface area contributed by atoms with E-state index in [2.05, 4.69) is 15.0 Å². The molecular formula is C7H8N2O3. The van der Waals surface area contributed by atoms with Crippen LogP contribution < -0.4 is 5.32 Å². The quantitative estimate of drug-likeness (QED) is 0.618. The van der Waals surface area contributed by atoms with Crippen LogP contribution in [0, 0.1) is 0 Å². The number of hydrogen-bond acceptors (Lipinski definition) is 4. The second-order valence-corrected chi connectivity index (χ2v) is 2.67. The standard InChI is InChI=1S/C7H8N2O3/c10-7(11)6-4-3-8-2-1-5(4)9-12-6/h8H,1-3H2,(H,10,11). The van der Waals surface area contributed by atoms with Gasteiger partial charge in [0.05, 0.1) is 5.69 Å². The number of rotatable bonds is 1. The largest absolute Gasteiger partial charge is 0.475 e. The van der Waals surface area contributed by atoms with E-state index in [1.54, 1.807) is 0 Å². The fourth-order valence-corrected chi connectivity index (χ4v) is 1.31. The third-order valence-corrected chi connectivity index (χ3v) is 1.90. The van der Waals surface area contributed by atoms with Crippen LogP contribution in [0.4, 0.5) is 0 Å². The molecule has 1 aliphatic rings. The van der Waals surface area contributed by atoms with Gasteiger partial charge in [0.15, 0.2) is 0 Å². The molecule has 0 aliphatic carbocycles. The Balaban J connectivity index is 2.44. The Morgan fingerprint density at radius 2 is 2.50 bits per heavy atom. The summed E-state index contributed by atoms with van der Waals surface area (Å²) in [5.74, 6) is -1.08. The average Bonchev–Trinajstić information content (AvgIpc) is 2.47. The van der Waals surface area contributed by atoms with Crippen LogP contribution in [0.2, 0.25) is 0 Å². The average molecular weight is 168 g/mol. The first-order valence-electron chi connectivity index (χ1n) is 3.70.